The molecule has 0 amide bonds. The minimum atomic E-state index is 0.0586. The summed E-state index contributed by atoms with van der Waals surface area (Å²) in [4.78, 5) is 1.57. The van der Waals surface area contributed by atoms with Gasteiger partial charge >= 0.3 is 0 Å². The minimum Gasteiger partial charge on any atom is -0.153 e. The van der Waals surface area contributed by atoms with E-state index in [0.717, 1.165) is 6.42 Å². The number of nitrogens with zero attached hydrogens (tertiary/aromatic N) is 1. The predicted molar refractivity (Wildman–Crippen MR) is 193 cm³/mol. The van der Waals surface area contributed by atoms with Crippen molar-refractivity contribution in [3.63, 3.8) is 0 Å². The largest absolute Gasteiger partial charge is 0.231 e. The van der Waals surface area contributed by atoms with Gasteiger partial charge in [-0.1, -0.05) is 143 Å². The molecule has 0 spiro atoms. The van der Waals surface area contributed by atoms with E-state index in [4.69, 9.17) is 0 Å². The zero-order chi connectivity index (χ0) is 32.2. The molecule has 0 N–H and O–H groups in total. The molecule has 0 bridgehead atoms. The maximum Gasteiger partial charge on any atom is 0.231 e. The van der Waals surface area contributed by atoms with E-state index in [0.29, 0.717) is 0 Å². The molecule has 2 heteroatoms. The Bertz CT molecular complexity index is 1500. The van der Waals surface area contributed by atoms with E-state index in [-0.39, 0.29) is 21.7 Å². The summed E-state index contributed by atoms with van der Waals surface area (Å²) >= 11 is 1.96. The lowest BCUT2D eigenvalue weighted by Crippen LogP contribution is -2.34. The van der Waals surface area contributed by atoms with Gasteiger partial charge < -0.3 is 0 Å². The number of thiazole rings is 1. The van der Waals surface area contributed by atoms with E-state index in [2.05, 4.69) is 148 Å². The molecule has 0 fully saturated rings. The van der Waals surface area contributed by atoms with Crippen LogP contribution >= 0.6 is 11.3 Å². The first-order valence-corrected chi connectivity index (χ1v) is 17.7. The number of para-hydroxylation sites is 1. The molecule has 44 heavy (non-hydrogen) atoms. The van der Waals surface area contributed by atoms with Crippen LogP contribution in [0, 0.1) is 0 Å². The summed E-state index contributed by atoms with van der Waals surface area (Å²) in [5.41, 5.74) is 16.4. The molecule has 1 aliphatic carbocycles. The fourth-order valence-corrected chi connectivity index (χ4v) is 7.42. The Labute approximate surface area is 272 Å². The fourth-order valence-electron chi connectivity index (χ4n) is 6.36. The normalized spacial score (nSPS) is 14.8. The first kappa shape index (κ1) is 32.7. The molecular formula is C42H56NS+. The highest BCUT2D eigenvalue weighted by Crippen LogP contribution is 2.41. The monoisotopic (exact) mass is 606 g/mol. The highest BCUT2D eigenvalue weighted by Gasteiger charge is 2.31. The Morgan fingerprint density at radius 1 is 0.523 bits per heavy atom. The molecule has 0 atom stereocenters. The van der Waals surface area contributed by atoms with Crippen LogP contribution in [-0.4, -0.2) is 0 Å². The Hall–Kier alpha value is -2.71. The molecule has 0 unspecified atom stereocenters. The maximum absolute atomic E-state index is 2.59. The van der Waals surface area contributed by atoms with E-state index in [1.165, 1.54) is 81.6 Å². The first-order chi connectivity index (χ1) is 20.3. The van der Waals surface area contributed by atoms with E-state index in [9.17, 15) is 0 Å². The molecular weight excluding hydrogens is 551 g/mol. The number of rotatable bonds is 3. The molecule has 3 aromatic carbocycles. The highest BCUT2D eigenvalue weighted by molar-refractivity contribution is 7.09. The molecule has 4 aromatic rings. The smallest absolute Gasteiger partial charge is 0.153 e. The van der Waals surface area contributed by atoms with Gasteiger partial charge in [-0.25, -0.2) is 0 Å². The van der Waals surface area contributed by atoms with Crippen molar-refractivity contribution in [3.05, 3.63) is 92.9 Å². The van der Waals surface area contributed by atoms with Crippen LogP contribution in [0.4, 0.5) is 0 Å². The molecule has 0 saturated carbocycles. The van der Waals surface area contributed by atoms with Crippen LogP contribution in [0.3, 0.4) is 0 Å². The van der Waals surface area contributed by atoms with Crippen LogP contribution in [0.15, 0.2) is 60.1 Å². The molecule has 0 radical (unpaired) electrons. The lowest BCUT2D eigenvalue weighted by Gasteiger charge is -2.27. The summed E-state index contributed by atoms with van der Waals surface area (Å²) in [6, 6.07) is 21.8. The summed E-state index contributed by atoms with van der Waals surface area (Å²) < 4.78 is 2.59. The third-order valence-electron chi connectivity index (χ3n) is 9.46. The van der Waals surface area contributed by atoms with Crippen molar-refractivity contribution in [2.75, 3.05) is 0 Å². The summed E-state index contributed by atoms with van der Waals surface area (Å²) in [5.74, 6) is 0. The molecule has 234 valence electrons. The van der Waals surface area contributed by atoms with E-state index >= 15 is 0 Å². The van der Waals surface area contributed by atoms with Crippen molar-refractivity contribution in [2.24, 2.45) is 0 Å². The number of hydrogen-bond acceptors (Lipinski definition) is 1. The van der Waals surface area contributed by atoms with Crippen molar-refractivity contribution in [1.29, 1.82) is 0 Å². The van der Waals surface area contributed by atoms with Crippen molar-refractivity contribution >= 4 is 11.3 Å². The van der Waals surface area contributed by atoms with Crippen LogP contribution in [0.2, 0.25) is 0 Å². The summed E-state index contributed by atoms with van der Waals surface area (Å²) in [7, 11) is 0. The molecule has 1 heterocycles. The summed E-state index contributed by atoms with van der Waals surface area (Å²) in [5, 5.41) is 0. The van der Waals surface area contributed by atoms with Crippen LogP contribution < -0.4 is 4.57 Å². The molecule has 1 aromatic heterocycles. The molecule has 1 nitrogen and oxygen atoms in total. The quantitative estimate of drug-likeness (QED) is 0.161. The van der Waals surface area contributed by atoms with E-state index < -0.39 is 0 Å². The van der Waals surface area contributed by atoms with Gasteiger partial charge in [-0.3, -0.25) is 0 Å². The van der Waals surface area contributed by atoms with Gasteiger partial charge in [0, 0.05) is 6.42 Å². The SMILES string of the molecule is CC(C)(C)c1cc(-c2cccc(-c3cc(C(C)(C)C)cc(C(C)(C)C)c3)c2-[n+]2csc3c2CCCCC3)cc(C(C)(C)C)c1. The van der Waals surface area contributed by atoms with Gasteiger partial charge in [0.05, 0.1) is 16.0 Å². The Balaban J connectivity index is 1.89. The number of aryl methyl sites for hydroxylation is 1. The third kappa shape index (κ3) is 6.76. The van der Waals surface area contributed by atoms with Gasteiger partial charge in [0.15, 0.2) is 0 Å². The Morgan fingerprint density at radius 2 is 0.932 bits per heavy atom. The van der Waals surface area contributed by atoms with E-state index in [1.54, 1.807) is 4.88 Å². The Kier molecular flexibility index (Phi) is 8.60. The molecule has 0 aliphatic heterocycles. The number of benzene rings is 3. The average molecular weight is 607 g/mol. The fraction of sp³-hybridized carbons (Fsp3) is 0.500. The van der Waals surface area contributed by atoms with Gasteiger partial charge in [-0.2, -0.15) is 4.57 Å². The predicted octanol–water partition coefficient (Wildman–Crippen LogP) is 11.8. The zero-order valence-electron chi connectivity index (χ0n) is 29.7. The second kappa shape index (κ2) is 11.6. The molecule has 5 rings (SSSR count). The number of aromatic nitrogens is 1. The van der Waals surface area contributed by atoms with Gasteiger partial charge in [0.1, 0.15) is 0 Å². The third-order valence-corrected chi connectivity index (χ3v) is 10.5. The summed E-state index contributed by atoms with van der Waals surface area (Å²) in [6.45, 7) is 28.1. The van der Waals surface area contributed by atoms with Gasteiger partial charge in [-0.05, 0) is 86.4 Å². The van der Waals surface area contributed by atoms with Crippen LogP contribution in [0.25, 0.3) is 27.9 Å². The summed E-state index contributed by atoms with van der Waals surface area (Å²) in [6.07, 6.45) is 6.24. The van der Waals surface area contributed by atoms with Crippen LogP contribution in [0.1, 0.15) is 135 Å². The van der Waals surface area contributed by atoms with Gasteiger partial charge in [0.2, 0.25) is 16.9 Å². The second-order valence-electron chi connectivity index (χ2n) is 17.3. The van der Waals surface area contributed by atoms with Gasteiger partial charge in [0.25, 0.3) is 0 Å². The van der Waals surface area contributed by atoms with Crippen molar-refractivity contribution < 1.29 is 4.57 Å². The van der Waals surface area contributed by atoms with Crippen molar-refractivity contribution in [3.8, 4) is 27.9 Å². The Morgan fingerprint density at radius 3 is 1.34 bits per heavy atom. The van der Waals surface area contributed by atoms with Crippen LogP contribution in [0.5, 0.6) is 0 Å². The topological polar surface area (TPSA) is 3.88 Å². The second-order valence-corrected chi connectivity index (χ2v) is 18.3. The standard InChI is InChI=1S/C42H56NS/c1-39(2,3)30-21-28(22-31(25-30)40(4,5)6)34-17-16-18-35(38(34)43-27-44-37-20-15-13-14-19-36(37)43)29-23-32(41(7,8)9)26-33(24-29)42(10,11)12/h16-18,21-27H,13-15,19-20H2,1-12H3/q+1. The first-order valence-electron chi connectivity index (χ1n) is 16.8. The van der Waals surface area contributed by atoms with Crippen LogP contribution in [-0.2, 0) is 34.5 Å². The zero-order valence-corrected chi connectivity index (χ0v) is 30.5. The minimum absolute atomic E-state index is 0.0586. The lowest BCUT2D eigenvalue weighted by molar-refractivity contribution is -0.597. The van der Waals surface area contributed by atoms with E-state index in [1.807, 2.05) is 11.3 Å². The van der Waals surface area contributed by atoms with Crippen molar-refractivity contribution in [2.45, 2.75) is 137 Å². The number of fused-ring (bicyclic) bond motifs is 1. The molecule has 0 saturated heterocycles. The van der Waals surface area contributed by atoms with Gasteiger partial charge in [-0.15, -0.1) is 0 Å². The highest BCUT2D eigenvalue weighted by atomic mass is 32.1. The number of hydrogen-bond donors (Lipinski definition) is 0. The maximum atomic E-state index is 2.59. The average Bonchev–Trinajstić information content (AvgIpc) is 3.17. The molecule has 1 aliphatic rings. The lowest BCUT2D eigenvalue weighted by atomic mass is 9.77. The van der Waals surface area contributed by atoms with Crippen molar-refractivity contribution in [1.82, 2.24) is 0 Å².